The van der Waals surface area contributed by atoms with E-state index in [2.05, 4.69) is 15.3 Å². The Kier molecular flexibility index (Phi) is 5.95. The molecule has 126 valence electrons. The summed E-state index contributed by atoms with van der Waals surface area (Å²) in [5.41, 5.74) is 0.294. The molecule has 0 spiro atoms. The van der Waals surface area contributed by atoms with Crippen LogP contribution >= 0.6 is 11.8 Å². The number of carbonyl (C=O) groups excluding carboxylic acids is 2. The largest absolute Gasteiger partial charge is 0.376 e. The lowest BCUT2D eigenvalue weighted by atomic mass is 10.2. The smallest absolute Gasteiger partial charge is 0.346 e. The average Bonchev–Trinajstić information content (AvgIpc) is 2.96. The van der Waals surface area contributed by atoms with Crippen molar-refractivity contribution >= 4 is 23.5 Å². The molecule has 7 nitrogen and oxygen atoms in total. The summed E-state index contributed by atoms with van der Waals surface area (Å²) < 4.78 is 5.46. The number of aryl methyl sites for hydroxylation is 1. The van der Waals surface area contributed by atoms with Crippen molar-refractivity contribution < 1.29 is 14.3 Å². The molecule has 0 saturated carbocycles. The van der Waals surface area contributed by atoms with Gasteiger partial charge in [-0.1, -0.05) is 11.8 Å². The number of carbonyl (C=O) groups is 2. The van der Waals surface area contributed by atoms with Crippen LogP contribution in [0.25, 0.3) is 0 Å². The van der Waals surface area contributed by atoms with Gasteiger partial charge in [0.1, 0.15) is 5.03 Å². The fourth-order valence-corrected chi connectivity index (χ4v) is 3.52. The second-order valence-electron chi connectivity index (χ2n) is 5.54. The van der Waals surface area contributed by atoms with Gasteiger partial charge in [-0.05, 0) is 33.6 Å². The zero-order valence-electron chi connectivity index (χ0n) is 13.5. The van der Waals surface area contributed by atoms with E-state index in [9.17, 15) is 14.4 Å². The molecular formula is C15H21N3O4S. The summed E-state index contributed by atoms with van der Waals surface area (Å²) in [4.78, 5) is 41.8. The van der Waals surface area contributed by atoms with Crippen molar-refractivity contribution in [1.82, 2.24) is 15.3 Å². The van der Waals surface area contributed by atoms with Gasteiger partial charge in [0.2, 0.25) is 5.91 Å². The highest BCUT2D eigenvalue weighted by Gasteiger charge is 2.22. The van der Waals surface area contributed by atoms with E-state index in [-0.39, 0.29) is 17.8 Å². The van der Waals surface area contributed by atoms with Crippen LogP contribution in [-0.2, 0) is 9.53 Å². The highest BCUT2D eigenvalue weighted by molar-refractivity contribution is 8.00. The first-order valence-electron chi connectivity index (χ1n) is 7.56. The van der Waals surface area contributed by atoms with Crippen LogP contribution in [-0.4, -0.2) is 46.2 Å². The summed E-state index contributed by atoms with van der Waals surface area (Å²) in [6.07, 6.45) is 2.04. The zero-order valence-corrected chi connectivity index (χ0v) is 14.3. The number of nitrogens with one attached hydrogen (secondary N) is 2. The molecule has 2 heterocycles. The van der Waals surface area contributed by atoms with E-state index in [1.165, 1.54) is 6.92 Å². The van der Waals surface area contributed by atoms with Crippen LogP contribution in [0, 0.1) is 6.92 Å². The average molecular weight is 339 g/mol. The monoisotopic (exact) mass is 339 g/mol. The van der Waals surface area contributed by atoms with Gasteiger partial charge < -0.3 is 15.0 Å². The molecule has 0 aromatic carbocycles. The standard InChI is InChI=1S/C15H21N3O4S/c1-8-12(9(2)19)14(18-15(21)17-8)23-10(3)13(20)16-7-11-5-4-6-22-11/h10-11H,4-7H2,1-3H3,(H,16,20)(H,17,18,21)/t10-,11+/m1/s1. The number of H-pyrrole nitrogens is 1. The topological polar surface area (TPSA) is 101 Å². The number of aromatic nitrogens is 2. The normalized spacial score (nSPS) is 18.7. The predicted octanol–water partition coefficient (Wildman–Crippen LogP) is 1.06. The number of rotatable bonds is 6. The summed E-state index contributed by atoms with van der Waals surface area (Å²) in [6, 6.07) is 0. The number of hydrogen-bond acceptors (Lipinski definition) is 6. The molecule has 1 aromatic heterocycles. The van der Waals surface area contributed by atoms with E-state index >= 15 is 0 Å². The Morgan fingerprint density at radius 1 is 1.52 bits per heavy atom. The second kappa shape index (κ2) is 7.74. The third-order valence-electron chi connectivity index (χ3n) is 3.62. The van der Waals surface area contributed by atoms with Gasteiger partial charge in [-0.2, -0.15) is 4.98 Å². The maximum Gasteiger partial charge on any atom is 0.346 e. The molecule has 8 heteroatoms. The van der Waals surface area contributed by atoms with Crippen molar-refractivity contribution in [3.8, 4) is 0 Å². The number of aromatic amines is 1. The Morgan fingerprint density at radius 3 is 2.87 bits per heavy atom. The maximum absolute atomic E-state index is 12.2. The Balaban J connectivity index is 2.04. The van der Waals surface area contributed by atoms with Gasteiger partial charge in [0.15, 0.2) is 5.78 Å². The molecule has 1 fully saturated rings. The molecule has 1 aliphatic heterocycles. The van der Waals surface area contributed by atoms with E-state index in [0.717, 1.165) is 31.2 Å². The lowest BCUT2D eigenvalue weighted by Gasteiger charge is -2.15. The van der Waals surface area contributed by atoms with Crippen molar-refractivity contribution in [3.05, 3.63) is 21.7 Å². The zero-order chi connectivity index (χ0) is 17.0. The molecule has 0 unspecified atom stereocenters. The number of Topliss-reactive ketones (excluding diaryl/α,β-unsaturated/α-hetero) is 1. The van der Waals surface area contributed by atoms with Crippen molar-refractivity contribution in [3.63, 3.8) is 0 Å². The molecule has 2 N–H and O–H groups in total. The summed E-state index contributed by atoms with van der Waals surface area (Å²) in [7, 11) is 0. The SMILES string of the molecule is CC(=O)c1c(S[C@H](C)C(=O)NC[C@@H]2CCCO2)nc(=O)[nH]c1C. The van der Waals surface area contributed by atoms with Crippen LogP contribution in [0.3, 0.4) is 0 Å². The predicted molar refractivity (Wildman–Crippen MR) is 86.9 cm³/mol. The molecule has 0 radical (unpaired) electrons. The quantitative estimate of drug-likeness (QED) is 0.456. The number of nitrogens with zero attached hydrogens (tertiary/aromatic N) is 1. The van der Waals surface area contributed by atoms with E-state index < -0.39 is 10.9 Å². The first kappa shape index (κ1) is 17.7. The van der Waals surface area contributed by atoms with Gasteiger partial charge in [-0.15, -0.1) is 0 Å². The van der Waals surface area contributed by atoms with Crippen LogP contribution in [0.2, 0.25) is 0 Å². The Labute approximate surface area is 138 Å². The van der Waals surface area contributed by atoms with Crippen LogP contribution in [0.5, 0.6) is 0 Å². The molecular weight excluding hydrogens is 318 g/mol. The maximum atomic E-state index is 12.2. The number of ether oxygens (including phenoxy) is 1. The summed E-state index contributed by atoms with van der Waals surface area (Å²) in [6.45, 7) is 5.99. The highest BCUT2D eigenvalue weighted by Crippen LogP contribution is 2.25. The minimum Gasteiger partial charge on any atom is -0.376 e. The van der Waals surface area contributed by atoms with Gasteiger partial charge >= 0.3 is 5.69 Å². The van der Waals surface area contributed by atoms with E-state index in [1.807, 2.05) is 0 Å². The molecule has 1 aliphatic rings. The number of ketones is 1. The van der Waals surface area contributed by atoms with Gasteiger partial charge in [-0.25, -0.2) is 4.79 Å². The number of amides is 1. The van der Waals surface area contributed by atoms with Crippen molar-refractivity contribution in [2.24, 2.45) is 0 Å². The van der Waals surface area contributed by atoms with Crippen LogP contribution < -0.4 is 11.0 Å². The molecule has 0 aliphatic carbocycles. The van der Waals surface area contributed by atoms with Crippen molar-refractivity contribution in [1.29, 1.82) is 0 Å². The van der Waals surface area contributed by atoms with Crippen LogP contribution in [0.4, 0.5) is 0 Å². The lowest BCUT2D eigenvalue weighted by Crippen LogP contribution is -2.36. The van der Waals surface area contributed by atoms with Gasteiger partial charge in [0, 0.05) is 18.8 Å². The van der Waals surface area contributed by atoms with Gasteiger partial charge in [0.25, 0.3) is 0 Å². The fraction of sp³-hybridized carbons (Fsp3) is 0.600. The molecule has 1 amide bonds. The molecule has 0 bridgehead atoms. The van der Waals surface area contributed by atoms with E-state index in [1.54, 1.807) is 13.8 Å². The lowest BCUT2D eigenvalue weighted by molar-refractivity contribution is -0.120. The number of hydrogen-bond donors (Lipinski definition) is 2. The first-order valence-corrected chi connectivity index (χ1v) is 8.44. The van der Waals surface area contributed by atoms with E-state index in [4.69, 9.17) is 4.74 Å². The first-order chi connectivity index (χ1) is 10.9. The third-order valence-corrected chi connectivity index (χ3v) is 4.71. The summed E-state index contributed by atoms with van der Waals surface area (Å²) in [5.74, 6) is -0.361. The molecule has 1 saturated heterocycles. The number of thioether (sulfide) groups is 1. The van der Waals surface area contributed by atoms with Crippen molar-refractivity contribution in [2.75, 3.05) is 13.2 Å². The minimum atomic E-state index is -0.526. The highest BCUT2D eigenvalue weighted by atomic mass is 32.2. The summed E-state index contributed by atoms with van der Waals surface area (Å²) in [5, 5.41) is 2.66. The Hall–Kier alpha value is -1.67. The Bertz CT molecular complexity index is 653. The van der Waals surface area contributed by atoms with Crippen molar-refractivity contribution in [2.45, 2.75) is 50.0 Å². The van der Waals surface area contributed by atoms with E-state index in [0.29, 0.717) is 22.8 Å². The third kappa shape index (κ3) is 4.65. The molecule has 2 rings (SSSR count). The summed E-state index contributed by atoms with van der Waals surface area (Å²) >= 11 is 1.11. The van der Waals surface area contributed by atoms with Gasteiger partial charge in [0.05, 0.1) is 16.9 Å². The van der Waals surface area contributed by atoms with Gasteiger partial charge in [-0.3, -0.25) is 9.59 Å². The van der Waals surface area contributed by atoms with Crippen LogP contribution in [0.15, 0.2) is 9.82 Å². The fourth-order valence-electron chi connectivity index (χ4n) is 2.44. The molecule has 23 heavy (non-hydrogen) atoms. The minimum absolute atomic E-state index is 0.0730. The second-order valence-corrected chi connectivity index (χ2v) is 6.87. The molecule has 2 atom stereocenters. The Morgan fingerprint density at radius 2 is 2.26 bits per heavy atom. The molecule has 1 aromatic rings. The van der Waals surface area contributed by atoms with Crippen LogP contribution in [0.1, 0.15) is 42.7 Å².